The highest BCUT2D eigenvalue weighted by Crippen LogP contribution is 2.26. The van der Waals surface area contributed by atoms with Crippen molar-refractivity contribution < 1.29 is 8.42 Å². The van der Waals surface area contributed by atoms with Crippen molar-refractivity contribution >= 4 is 59.3 Å². The number of nitrogens with zero attached hydrogens (tertiary/aromatic N) is 2. The van der Waals surface area contributed by atoms with Gasteiger partial charge in [-0.05, 0) is 34.1 Å². The van der Waals surface area contributed by atoms with Gasteiger partial charge in [0.05, 0.1) is 12.4 Å². The van der Waals surface area contributed by atoms with Crippen LogP contribution in [0, 0.1) is 0 Å². The van der Waals surface area contributed by atoms with Gasteiger partial charge in [0.25, 0.3) is 10.0 Å². The molecule has 0 aliphatic rings. The second-order valence-electron chi connectivity index (χ2n) is 3.40. The van der Waals surface area contributed by atoms with Gasteiger partial charge in [0.15, 0.2) is 5.82 Å². The Hall–Kier alpha value is -0.700. The standard InChI is InChI=1S/C10H6Br2ClN3O2S/c11-6-1-2-7(12)8(3-6)19(17,18)16-10-5-14-9(13)4-15-10/h1-5H,(H,15,16). The molecule has 0 fully saturated rings. The van der Waals surface area contributed by atoms with Crippen LogP contribution in [0.25, 0.3) is 0 Å². The van der Waals surface area contributed by atoms with Gasteiger partial charge in [-0.15, -0.1) is 0 Å². The van der Waals surface area contributed by atoms with Gasteiger partial charge in [-0.3, -0.25) is 4.72 Å². The SMILES string of the molecule is O=S(=O)(Nc1cnc(Cl)cn1)c1cc(Br)ccc1Br. The van der Waals surface area contributed by atoms with E-state index in [2.05, 4.69) is 46.5 Å². The summed E-state index contributed by atoms with van der Waals surface area (Å²) < 4.78 is 27.8. The molecule has 0 aliphatic carbocycles. The van der Waals surface area contributed by atoms with E-state index in [4.69, 9.17) is 11.6 Å². The summed E-state index contributed by atoms with van der Waals surface area (Å²) in [6.07, 6.45) is 2.50. The number of hydrogen-bond donors (Lipinski definition) is 1. The van der Waals surface area contributed by atoms with Crippen molar-refractivity contribution in [2.45, 2.75) is 4.90 Å². The van der Waals surface area contributed by atoms with Gasteiger partial charge in [0.2, 0.25) is 0 Å². The lowest BCUT2D eigenvalue weighted by molar-refractivity contribution is 0.600. The number of halogens is 3. The van der Waals surface area contributed by atoms with E-state index in [0.29, 0.717) is 8.95 Å². The zero-order valence-electron chi connectivity index (χ0n) is 9.14. The molecule has 1 aromatic heterocycles. The fourth-order valence-electron chi connectivity index (χ4n) is 1.24. The molecule has 5 nitrogen and oxygen atoms in total. The Balaban J connectivity index is 2.37. The Morgan fingerprint density at radius 3 is 2.53 bits per heavy atom. The number of rotatable bonds is 3. The number of nitrogens with one attached hydrogen (secondary N) is 1. The summed E-state index contributed by atoms with van der Waals surface area (Å²) >= 11 is 12.0. The van der Waals surface area contributed by atoms with E-state index in [9.17, 15) is 8.42 Å². The Kier molecular flexibility index (Phi) is 4.44. The quantitative estimate of drug-likeness (QED) is 0.814. The van der Waals surface area contributed by atoms with Gasteiger partial charge in [0.1, 0.15) is 10.0 Å². The predicted octanol–water partition coefficient (Wildman–Crippen LogP) is 3.46. The van der Waals surface area contributed by atoms with Crippen molar-refractivity contribution in [3.63, 3.8) is 0 Å². The lowest BCUT2D eigenvalue weighted by atomic mass is 10.4. The van der Waals surface area contributed by atoms with Gasteiger partial charge in [-0.2, -0.15) is 0 Å². The van der Waals surface area contributed by atoms with Crippen LogP contribution in [0.5, 0.6) is 0 Å². The van der Waals surface area contributed by atoms with E-state index in [1.165, 1.54) is 18.5 Å². The smallest absolute Gasteiger partial charge is 0.262 e. The minimum atomic E-state index is -3.75. The molecular weight excluding hydrogens is 421 g/mol. The highest BCUT2D eigenvalue weighted by atomic mass is 79.9. The van der Waals surface area contributed by atoms with E-state index in [1.807, 2.05) is 0 Å². The third-order valence-electron chi connectivity index (χ3n) is 2.04. The molecule has 0 saturated carbocycles. The largest absolute Gasteiger partial charge is 0.264 e. The number of hydrogen-bond acceptors (Lipinski definition) is 4. The van der Waals surface area contributed by atoms with E-state index in [-0.39, 0.29) is 15.9 Å². The molecule has 0 unspecified atom stereocenters. The lowest BCUT2D eigenvalue weighted by Crippen LogP contribution is -2.14. The molecule has 1 aromatic carbocycles. The van der Waals surface area contributed by atoms with Gasteiger partial charge < -0.3 is 0 Å². The molecule has 1 heterocycles. The topological polar surface area (TPSA) is 72.0 Å². The van der Waals surface area contributed by atoms with Crippen molar-refractivity contribution in [3.8, 4) is 0 Å². The monoisotopic (exact) mass is 425 g/mol. The molecule has 2 rings (SSSR count). The summed E-state index contributed by atoms with van der Waals surface area (Å²) in [4.78, 5) is 7.68. The van der Waals surface area contributed by atoms with E-state index in [0.717, 1.165) is 0 Å². The maximum atomic E-state index is 12.2. The number of aromatic nitrogens is 2. The zero-order valence-corrected chi connectivity index (χ0v) is 13.9. The lowest BCUT2D eigenvalue weighted by Gasteiger charge is -2.09. The Morgan fingerprint density at radius 1 is 1.16 bits per heavy atom. The fraction of sp³-hybridized carbons (Fsp3) is 0. The molecule has 0 aliphatic heterocycles. The first-order valence-corrected chi connectivity index (χ1v) is 8.28. The number of anilines is 1. The summed E-state index contributed by atoms with van der Waals surface area (Å²) in [6, 6.07) is 4.84. The van der Waals surface area contributed by atoms with Gasteiger partial charge in [0, 0.05) is 8.95 Å². The Morgan fingerprint density at radius 2 is 1.89 bits per heavy atom. The molecule has 100 valence electrons. The van der Waals surface area contributed by atoms with Crippen LogP contribution in [0.3, 0.4) is 0 Å². The minimum Gasteiger partial charge on any atom is -0.262 e. The first-order chi connectivity index (χ1) is 8.88. The van der Waals surface area contributed by atoms with E-state index in [1.54, 1.807) is 12.1 Å². The van der Waals surface area contributed by atoms with Crippen molar-refractivity contribution in [2.24, 2.45) is 0 Å². The van der Waals surface area contributed by atoms with Crippen LogP contribution in [0.1, 0.15) is 0 Å². The highest BCUT2D eigenvalue weighted by Gasteiger charge is 2.18. The molecule has 0 radical (unpaired) electrons. The van der Waals surface area contributed by atoms with Gasteiger partial charge in [-0.1, -0.05) is 27.5 Å². The highest BCUT2D eigenvalue weighted by molar-refractivity contribution is 9.11. The fourth-order valence-corrected chi connectivity index (χ4v) is 3.83. The summed E-state index contributed by atoms with van der Waals surface area (Å²) in [6.45, 7) is 0. The molecule has 0 saturated heterocycles. The molecule has 0 atom stereocenters. The van der Waals surface area contributed by atoms with Crippen molar-refractivity contribution in [1.29, 1.82) is 0 Å². The normalized spacial score (nSPS) is 11.3. The van der Waals surface area contributed by atoms with E-state index >= 15 is 0 Å². The summed E-state index contributed by atoms with van der Waals surface area (Å²) in [5.41, 5.74) is 0. The van der Waals surface area contributed by atoms with E-state index < -0.39 is 10.0 Å². The maximum absolute atomic E-state index is 12.2. The molecule has 0 bridgehead atoms. The van der Waals surface area contributed by atoms with Crippen LogP contribution in [0.4, 0.5) is 5.82 Å². The van der Waals surface area contributed by atoms with Crippen molar-refractivity contribution in [1.82, 2.24) is 9.97 Å². The van der Waals surface area contributed by atoms with Crippen LogP contribution in [0.15, 0.2) is 44.4 Å². The summed E-state index contributed by atoms with van der Waals surface area (Å²) in [5, 5.41) is 0.187. The average molecular weight is 428 g/mol. The molecule has 0 amide bonds. The first kappa shape index (κ1) is 14.7. The average Bonchev–Trinajstić information content (AvgIpc) is 2.35. The minimum absolute atomic E-state index is 0.0938. The summed E-state index contributed by atoms with van der Waals surface area (Å²) in [5.74, 6) is 0.0938. The second kappa shape index (κ2) is 5.74. The van der Waals surface area contributed by atoms with Crippen LogP contribution < -0.4 is 4.72 Å². The molecule has 9 heteroatoms. The molecular formula is C10H6Br2ClN3O2S. The number of benzene rings is 1. The van der Waals surface area contributed by atoms with Crippen LogP contribution in [0.2, 0.25) is 5.15 Å². The van der Waals surface area contributed by atoms with Crippen molar-refractivity contribution in [3.05, 3.63) is 44.7 Å². The molecule has 19 heavy (non-hydrogen) atoms. The molecule has 0 spiro atoms. The zero-order chi connectivity index (χ0) is 14.0. The van der Waals surface area contributed by atoms with Crippen LogP contribution in [-0.4, -0.2) is 18.4 Å². The Bertz CT molecular complexity index is 707. The maximum Gasteiger partial charge on any atom is 0.264 e. The Labute approximate surface area is 131 Å². The third kappa shape index (κ3) is 3.65. The van der Waals surface area contributed by atoms with Crippen molar-refractivity contribution in [2.75, 3.05) is 4.72 Å². The van der Waals surface area contributed by atoms with Crippen LogP contribution >= 0.6 is 43.5 Å². The third-order valence-corrected chi connectivity index (χ3v) is 5.08. The number of sulfonamides is 1. The predicted molar refractivity (Wildman–Crippen MR) is 79.7 cm³/mol. The molecule has 1 N–H and O–H groups in total. The second-order valence-corrected chi connectivity index (χ2v) is 7.21. The van der Waals surface area contributed by atoms with Gasteiger partial charge >= 0.3 is 0 Å². The summed E-state index contributed by atoms with van der Waals surface area (Å²) in [7, 11) is -3.75. The molecule has 2 aromatic rings. The van der Waals surface area contributed by atoms with Crippen LogP contribution in [-0.2, 0) is 10.0 Å². The van der Waals surface area contributed by atoms with Gasteiger partial charge in [-0.25, -0.2) is 18.4 Å². The first-order valence-electron chi connectivity index (χ1n) is 4.84.